The topological polar surface area (TPSA) is 91.2 Å². The van der Waals surface area contributed by atoms with E-state index in [2.05, 4.69) is 20.8 Å². The summed E-state index contributed by atoms with van der Waals surface area (Å²) in [5.74, 6) is 0.0503. The number of nitrogens with one attached hydrogen (secondary N) is 1. The summed E-state index contributed by atoms with van der Waals surface area (Å²) in [6, 6.07) is 7.85. The highest BCUT2D eigenvalue weighted by Gasteiger charge is 2.39. The number of tetrazole rings is 1. The Labute approximate surface area is 151 Å². The molecule has 1 spiro atoms. The predicted molar refractivity (Wildman–Crippen MR) is 92.8 cm³/mol. The number of hydrogen-bond acceptors (Lipinski definition) is 6. The number of hydrogen-bond donors (Lipinski definition) is 1. The van der Waals surface area contributed by atoms with Gasteiger partial charge in [0.1, 0.15) is 6.33 Å². The van der Waals surface area contributed by atoms with Crippen molar-refractivity contribution in [3.8, 4) is 5.69 Å². The Morgan fingerprint density at radius 2 is 2.04 bits per heavy atom. The van der Waals surface area contributed by atoms with Crippen LogP contribution in [0.3, 0.4) is 0 Å². The molecule has 1 amide bonds. The Hall–Kier alpha value is -2.32. The maximum absolute atomic E-state index is 12.5. The van der Waals surface area contributed by atoms with Crippen LogP contribution in [0.1, 0.15) is 31.2 Å². The average Bonchev–Trinajstić information content (AvgIpc) is 3.18. The number of benzene rings is 1. The molecular weight excluding hydrogens is 334 g/mol. The number of carbonyl (C=O) groups excluding carboxylic acids is 1. The van der Waals surface area contributed by atoms with Crippen LogP contribution in [0.2, 0.25) is 0 Å². The minimum Gasteiger partial charge on any atom is -0.381 e. The monoisotopic (exact) mass is 357 g/mol. The van der Waals surface area contributed by atoms with Crippen molar-refractivity contribution < 1.29 is 14.3 Å². The molecule has 2 aliphatic rings. The minimum absolute atomic E-state index is 0.0503. The van der Waals surface area contributed by atoms with E-state index in [1.165, 1.54) is 0 Å². The van der Waals surface area contributed by atoms with Crippen LogP contribution in [0, 0.1) is 0 Å². The summed E-state index contributed by atoms with van der Waals surface area (Å²) in [4.78, 5) is 12.5. The van der Waals surface area contributed by atoms with Crippen LogP contribution in [0.5, 0.6) is 0 Å². The fourth-order valence-electron chi connectivity index (χ4n) is 3.75. The summed E-state index contributed by atoms with van der Waals surface area (Å²) in [5, 5.41) is 14.3. The molecule has 3 heterocycles. The van der Waals surface area contributed by atoms with Crippen molar-refractivity contribution >= 4 is 5.91 Å². The largest absolute Gasteiger partial charge is 0.381 e. The standard InChI is InChI=1S/C18H23N5O3/c24-17(11-14-1-3-16(4-2-14)23-13-19-21-22-23)20-15-5-8-26-18(12-15)6-9-25-10-7-18/h1-4,13,15H,5-12H2,(H,20,24). The SMILES string of the molecule is O=C(Cc1ccc(-n2cnnn2)cc1)NC1CCOC2(CCOCC2)C1. The maximum atomic E-state index is 12.5. The molecule has 8 heteroatoms. The molecular formula is C18H23N5O3. The van der Waals surface area contributed by atoms with E-state index in [1.807, 2.05) is 24.3 Å². The van der Waals surface area contributed by atoms with Crippen LogP contribution < -0.4 is 5.32 Å². The highest BCUT2D eigenvalue weighted by molar-refractivity contribution is 5.78. The molecule has 1 N–H and O–H groups in total. The Bertz CT molecular complexity index is 720. The highest BCUT2D eigenvalue weighted by atomic mass is 16.5. The van der Waals surface area contributed by atoms with Gasteiger partial charge in [-0.2, -0.15) is 0 Å². The van der Waals surface area contributed by atoms with Crippen molar-refractivity contribution in [1.29, 1.82) is 0 Å². The lowest BCUT2D eigenvalue weighted by atomic mass is 9.84. The van der Waals surface area contributed by atoms with Gasteiger partial charge in [-0.1, -0.05) is 12.1 Å². The van der Waals surface area contributed by atoms with E-state index in [-0.39, 0.29) is 17.6 Å². The van der Waals surface area contributed by atoms with Gasteiger partial charge in [0.2, 0.25) is 5.91 Å². The summed E-state index contributed by atoms with van der Waals surface area (Å²) in [6.07, 6.45) is 5.48. The minimum atomic E-state index is -0.109. The summed E-state index contributed by atoms with van der Waals surface area (Å²) < 4.78 is 13.1. The third-order valence-corrected chi connectivity index (χ3v) is 5.18. The van der Waals surface area contributed by atoms with Gasteiger partial charge < -0.3 is 14.8 Å². The van der Waals surface area contributed by atoms with Crippen molar-refractivity contribution in [2.24, 2.45) is 0 Å². The van der Waals surface area contributed by atoms with Gasteiger partial charge in [-0.3, -0.25) is 4.79 Å². The van der Waals surface area contributed by atoms with Crippen molar-refractivity contribution in [2.45, 2.75) is 43.7 Å². The second kappa shape index (κ2) is 7.51. The third-order valence-electron chi connectivity index (χ3n) is 5.18. The van der Waals surface area contributed by atoms with Gasteiger partial charge in [-0.15, -0.1) is 5.10 Å². The van der Waals surface area contributed by atoms with Gasteiger partial charge in [0.05, 0.1) is 17.7 Å². The molecule has 8 nitrogen and oxygen atoms in total. The van der Waals surface area contributed by atoms with Gasteiger partial charge in [0, 0.05) is 25.9 Å². The Balaban J connectivity index is 1.32. The summed E-state index contributed by atoms with van der Waals surface area (Å²) in [5.41, 5.74) is 1.72. The van der Waals surface area contributed by atoms with Crippen molar-refractivity contribution in [3.05, 3.63) is 36.2 Å². The smallest absolute Gasteiger partial charge is 0.224 e. The maximum Gasteiger partial charge on any atom is 0.224 e. The lowest BCUT2D eigenvalue weighted by Gasteiger charge is -2.43. The summed E-state index contributed by atoms with van der Waals surface area (Å²) in [7, 11) is 0. The first kappa shape index (κ1) is 17.1. The lowest BCUT2D eigenvalue weighted by Crippen LogP contribution is -2.51. The van der Waals surface area contributed by atoms with Gasteiger partial charge >= 0.3 is 0 Å². The van der Waals surface area contributed by atoms with Crippen LogP contribution in [0.15, 0.2) is 30.6 Å². The Morgan fingerprint density at radius 1 is 1.23 bits per heavy atom. The molecule has 0 radical (unpaired) electrons. The van der Waals surface area contributed by atoms with E-state index >= 15 is 0 Å². The van der Waals surface area contributed by atoms with E-state index in [0.717, 1.165) is 50.1 Å². The number of aromatic nitrogens is 4. The molecule has 2 fully saturated rings. The van der Waals surface area contributed by atoms with Crippen LogP contribution in [-0.4, -0.2) is 57.6 Å². The van der Waals surface area contributed by atoms with Gasteiger partial charge in [-0.25, -0.2) is 4.68 Å². The molecule has 1 atom stereocenters. The number of nitrogens with zero attached hydrogens (tertiary/aromatic N) is 4. The molecule has 1 unspecified atom stereocenters. The molecule has 2 saturated heterocycles. The fraction of sp³-hybridized carbons (Fsp3) is 0.556. The van der Waals surface area contributed by atoms with E-state index in [0.29, 0.717) is 13.0 Å². The molecule has 0 aliphatic carbocycles. The van der Waals surface area contributed by atoms with E-state index in [1.54, 1.807) is 11.0 Å². The number of carbonyl (C=O) groups is 1. The molecule has 2 aromatic rings. The van der Waals surface area contributed by atoms with Crippen LogP contribution >= 0.6 is 0 Å². The molecule has 26 heavy (non-hydrogen) atoms. The number of ether oxygens (including phenoxy) is 2. The summed E-state index contributed by atoms with van der Waals surface area (Å²) >= 11 is 0. The molecule has 4 rings (SSSR count). The first-order valence-electron chi connectivity index (χ1n) is 9.06. The van der Waals surface area contributed by atoms with Crippen molar-refractivity contribution in [2.75, 3.05) is 19.8 Å². The van der Waals surface area contributed by atoms with Crippen LogP contribution in [0.4, 0.5) is 0 Å². The molecule has 0 saturated carbocycles. The lowest BCUT2D eigenvalue weighted by molar-refractivity contribution is -0.143. The first-order valence-corrected chi connectivity index (χ1v) is 9.06. The normalized spacial score (nSPS) is 22.2. The Morgan fingerprint density at radius 3 is 2.77 bits per heavy atom. The fourth-order valence-corrected chi connectivity index (χ4v) is 3.75. The number of amides is 1. The second-order valence-corrected chi connectivity index (χ2v) is 7.00. The average molecular weight is 357 g/mol. The van der Waals surface area contributed by atoms with Gasteiger partial charge in [0.15, 0.2) is 0 Å². The van der Waals surface area contributed by atoms with Gasteiger partial charge in [-0.05, 0) is 53.8 Å². The predicted octanol–water partition coefficient (Wildman–Crippen LogP) is 1.05. The molecule has 1 aromatic carbocycles. The van der Waals surface area contributed by atoms with Crippen LogP contribution in [-0.2, 0) is 20.7 Å². The molecule has 138 valence electrons. The zero-order valence-corrected chi connectivity index (χ0v) is 14.6. The van der Waals surface area contributed by atoms with Gasteiger partial charge in [0.25, 0.3) is 0 Å². The second-order valence-electron chi connectivity index (χ2n) is 7.00. The van der Waals surface area contributed by atoms with Crippen LogP contribution in [0.25, 0.3) is 5.69 Å². The molecule has 2 aliphatic heterocycles. The highest BCUT2D eigenvalue weighted by Crippen LogP contribution is 2.34. The van der Waals surface area contributed by atoms with Crippen molar-refractivity contribution in [1.82, 2.24) is 25.5 Å². The van der Waals surface area contributed by atoms with E-state index in [4.69, 9.17) is 9.47 Å². The van der Waals surface area contributed by atoms with E-state index < -0.39 is 0 Å². The molecule has 1 aromatic heterocycles. The third kappa shape index (κ3) is 3.91. The number of rotatable bonds is 4. The first-order chi connectivity index (χ1) is 12.7. The zero-order valence-electron chi connectivity index (χ0n) is 14.6. The summed E-state index contributed by atoms with van der Waals surface area (Å²) in [6.45, 7) is 2.19. The Kier molecular flexibility index (Phi) is 4.94. The molecule has 0 bridgehead atoms. The quantitative estimate of drug-likeness (QED) is 0.879. The zero-order chi connectivity index (χ0) is 17.8. The van der Waals surface area contributed by atoms with E-state index in [9.17, 15) is 4.79 Å². The van der Waals surface area contributed by atoms with Crippen molar-refractivity contribution in [3.63, 3.8) is 0 Å².